The molecule has 0 radical (unpaired) electrons. The van der Waals surface area contributed by atoms with Gasteiger partial charge in [-0.3, -0.25) is 9.59 Å². The minimum Gasteiger partial charge on any atom is -0.353 e. The van der Waals surface area contributed by atoms with E-state index < -0.39 is 0 Å². The number of hydrogen-bond acceptors (Lipinski definition) is 4. The van der Waals surface area contributed by atoms with Gasteiger partial charge in [-0.2, -0.15) is 0 Å². The van der Waals surface area contributed by atoms with Gasteiger partial charge in [0.1, 0.15) is 5.82 Å². The molecule has 2 heterocycles. The summed E-state index contributed by atoms with van der Waals surface area (Å²) in [6, 6.07) is 11.9. The Morgan fingerprint density at radius 3 is 2.36 bits per heavy atom. The van der Waals surface area contributed by atoms with Gasteiger partial charge in [0.15, 0.2) is 0 Å². The molecule has 1 saturated heterocycles. The lowest BCUT2D eigenvalue weighted by atomic mass is 10.1. The molecule has 2 fully saturated rings. The summed E-state index contributed by atoms with van der Waals surface area (Å²) >= 11 is 0. The van der Waals surface area contributed by atoms with Crippen molar-refractivity contribution in [3.63, 3.8) is 0 Å². The van der Waals surface area contributed by atoms with Crippen molar-refractivity contribution in [3.05, 3.63) is 53.7 Å². The van der Waals surface area contributed by atoms with Crippen LogP contribution in [-0.2, 0) is 9.59 Å². The van der Waals surface area contributed by atoms with E-state index in [0.717, 1.165) is 35.7 Å². The van der Waals surface area contributed by atoms with E-state index in [1.54, 1.807) is 6.20 Å². The second kappa shape index (κ2) is 7.62. The molecule has 1 saturated carbocycles. The van der Waals surface area contributed by atoms with E-state index in [0.29, 0.717) is 19.5 Å². The summed E-state index contributed by atoms with van der Waals surface area (Å²) in [5.41, 5.74) is 3.04. The number of aromatic nitrogens is 1. The maximum Gasteiger partial charge on any atom is 0.228 e. The van der Waals surface area contributed by atoms with Crippen molar-refractivity contribution in [2.75, 3.05) is 36.4 Å². The number of carbonyl (C=O) groups is 2. The van der Waals surface area contributed by atoms with Crippen LogP contribution in [0.15, 0.2) is 42.6 Å². The molecule has 1 aliphatic carbocycles. The Morgan fingerprint density at radius 1 is 1.00 bits per heavy atom. The molecule has 28 heavy (non-hydrogen) atoms. The predicted molar refractivity (Wildman–Crippen MR) is 109 cm³/mol. The summed E-state index contributed by atoms with van der Waals surface area (Å²) in [6.07, 6.45) is 2.44. The topological polar surface area (TPSA) is 65.5 Å². The zero-order valence-electron chi connectivity index (χ0n) is 16.4. The van der Waals surface area contributed by atoms with Crippen LogP contribution in [0.25, 0.3) is 0 Å². The molecular weight excluding hydrogens is 352 g/mol. The Hall–Kier alpha value is -2.89. The Bertz CT molecular complexity index is 855. The fraction of sp³-hybridized carbons (Fsp3) is 0.409. The van der Waals surface area contributed by atoms with Crippen LogP contribution in [0.3, 0.4) is 0 Å². The Labute approximate surface area is 165 Å². The predicted octanol–water partition coefficient (Wildman–Crippen LogP) is 2.62. The number of piperazine rings is 1. The summed E-state index contributed by atoms with van der Waals surface area (Å²) in [4.78, 5) is 33.8. The molecule has 2 amide bonds. The molecule has 2 aromatic rings. The molecule has 2 unspecified atom stereocenters. The molecule has 1 aromatic carbocycles. The molecule has 4 rings (SSSR count). The average Bonchev–Trinajstić information content (AvgIpc) is 3.48. The molecule has 1 aromatic heterocycles. The highest BCUT2D eigenvalue weighted by Gasteiger charge is 2.49. The van der Waals surface area contributed by atoms with Gasteiger partial charge in [-0.1, -0.05) is 12.1 Å². The number of hydrogen-bond donors (Lipinski definition) is 1. The third-order valence-corrected chi connectivity index (χ3v) is 5.50. The number of carbonyl (C=O) groups excluding carboxylic acids is 2. The quantitative estimate of drug-likeness (QED) is 0.888. The van der Waals surface area contributed by atoms with E-state index >= 15 is 0 Å². The van der Waals surface area contributed by atoms with E-state index in [-0.39, 0.29) is 23.7 Å². The molecule has 6 nitrogen and oxygen atoms in total. The first kappa shape index (κ1) is 18.5. The van der Waals surface area contributed by atoms with Gasteiger partial charge in [-0.25, -0.2) is 4.98 Å². The van der Waals surface area contributed by atoms with Crippen molar-refractivity contribution >= 4 is 23.3 Å². The average molecular weight is 378 g/mol. The first-order chi connectivity index (χ1) is 13.5. The molecule has 6 heteroatoms. The van der Waals surface area contributed by atoms with Crippen molar-refractivity contribution in [1.29, 1.82) is 0 Å². The molecule has 146 valence electrons. The summed E-state index contributed by atoms with van der Waals surface area (Å²) in [6.45, 7) is 6.92. The molecular formula is C22H26N4O2. The van der Waals surface area contributed by atoms with Crippen LogP contribution in [-0.4, -0.2) is 47.9 Å². The van der Waals surface area contributed by atoms with Crippen molar-refractivity contribution < 1.29 is 9.59 Å². The Kier molecular flexibility index (Phi) is 5.03. The smallest absolute Gasteiger partial charge is 0.228 e. The largest absolute Gasteiger partial charge is 0.353 e. The number of benzene rings is 1. The number of amides is 2. The zero-order chi connectivity index (χ0) is 19.7. The highest BCUT2D eigenvalue weighted by molar-refractivity contribution is 5.99. The minimum absolute atomic E-state index is 0.0459. The van der Waals surface area contributed by atoms with Crippen LogP contribution >= 0.6 is 0 Å². The number of anilines is 2. The third kappa shape index (κ3) is 4.01. The monoisotopic (exact) mass is 378 g/mol. The van der Waals surface area contributed by atoms with Crippen molar-refractivity contribution in [3.8, 4) is 0 Å². The van der Waals surface area contributed by atoms with Gasteiger partial charge in [0.05, 0.1) is 11.8 Å². The van der Waals surface area contributed by atoms with Crippen molar-refractivity contribution in [1.82, 2.24) is 9.88 Å². The highest BCUT2D eigenvalue weighted by Crippen LogP contribution is 2.41. The second-order valence-corrected chi connectivity index (χ2v) is 7.81. The van der Waals surface area contributed by atoms with Gasteiger partial charge < -0.3 is 15.1 Å². The van der Waals surface area contributed by atoms with E-state index in [4.69, 9.17) is 0 Å². The van der Waals surface area contributed by atoms with Gasteiger partial charge in [-0.15, -0.1) is 0 Å². The van der Waals surface area contributed by atoms with Crippen molar-refractivity contribution in [2.45, 2.75) is 20.3 Å². The molecule has 0 spiro atoms. The molecule has 1 aliphatic heterocycles. The van der Waals surface area contributed by atoms with E-state index in [9.17, 15) is 9.59 Å². The number of aryl methyl sites for hydroxylation is 2. The summed E-state index contributed by atoms with van der Waals surface area (Å²) < 4.78 is 0. The molecule has 0 bridgehead atoms. The maximum atomic E-state index is 12.8. The normalized spacial score (nSPS) is 21.4. The summed E-state index contributed by atoms with van der Waals surface area (Å²) in [5, 5.41) is 2.98. The second-order valence-electron chi connectivity index (χ2n) is 7.81. The first-order valence-electron chi connectivity index (χ1n) is 9.85. The Balaban J connectivity index is 1.29. The van der Waals surface area contributed by atoms with E-state index in [1.807, 2.05) is 49.1 Å². The fourth-order valence-corrected chi connectivity index (χ4v) is 3.97. The van der Waals surface area contributed by atoms with Gasteiger partial charge in [0.2, 0.25) is 11.8 Å². The van der Waals surface area contributed by atoms with E-state index in [2.05, 4.69) is 21.3 Å². The minimum atomic E-state index is -0.206. The van der Waals surface area contributed by atoms with Gasteiger partial charge in [0.25, 0.3) is 0 Å². The fourth-order valence-electron chi connectivity index (χ4n) is 3.97. The van der Waals surface area contributed by atoms with Crippen molar-refractivity contribution in [2.24, 2.45) is 11.8 Å². The highest BCUT2D eigenvalue weighted by atomic mass is 16.2. The zero-order valence-corrected chi connectivity index (χ0v) is 16.4. The third-order valence-electron chi connectivity index (χ3n) is 5.50. The van der Waals surface area contributed by atoms with Crippen LogP contribution < -0.4 is 10.2 Å². The summed E-state index contributed by atoms with van der Waals surface area (Å²) in [5.74, 6) is 0.637. The Morgan fingerprint density at radius 2 is 1.71 bits per heavy atom. The molecule has 2 aliphatic rings. The number of nitrogens with zero attached hydrogens (tertiary/aromatic N) is 3. The van der Waals surface area contributed by atoms with Crippen LogP contribution in [0.5, 0.6) is 0 Å². The van der Waals surface area contributed by atoms with Gasteiger partial charge in [0, 0.05) is 38.1 Å². The molecule has 1 N–H and O–H groups in total. The van der Waals surface area contributed by atoms with Gasteiger partial charge >= 0.3 is 0 Å². The number of pyridine rings is 1. The lowest BCUT2D eigenvalue weighted by Gasteiger charge is -2.35. The lowest BCUT2D eigenvalue weighted by molar-refractivity contribution is -0.134. The SMILES string of the molecule is Cc1cc(C)cc(NC(=O)C2CC2C(=O)N2CCN(c3ccccn3)CC2)c1. The standard InChI is InChI=1S/C22H26N4O2/c1-15-11-16(2)13-17(12-15)24-21(27)18-14-19(18)22(28)26-9-7-25(8-10-26)20-5-3-4-6-23-20/h3-6,11-13,18-19H,7-10,14H2,1-2H3,(H,24,27). The van der Waals surface area contributed by atoms with Crippen LogP contribution in [0.4, 0.5) is 11.5 Å². The molecule has 2 atom stereocenters. The summed E-state index contributed by atoms with van der Waals surface area (Å²) in [7, 11) is 0. The van der Waals surface area contributed by atoms with Crippen LogP contribution in [0.2, 0.25) is 0 Å². The van der Waals surface area contributed by atoms with Crippen LogP contribution in [0.1, 0.15) is 17.5 Å². The lowest BCUT2D eigenvalue weighted by Crippen LogP contribution is -2.49. The number of nitrogens with one attached hydrogen (secondary N) is 1. The van der Waals surface area contributed by atoms with E-state index in [1.165, 1.54) is 0 Å². The van der Waals surface area contributed by atoms with Crippen LogP contribution in [0, 0.1) is 25.7 Å². The van der Waals surface area contributed by atoms with Gasteiger partial charge in [-0.05, 0) is 55.7 Å². The first-order valence-corrected chi connectivity index (χ1v) is 9.85. The maximum absolute atomic E-state index is 12.8. The number of rotatable bonds is 4.